The normalized spacial score (nSPS) is 16.0. The smallest absolute Gasteiger partial charge is 0.244 e. The van der Waals surface area contributed by atoms with E-state index in [1.807, 2.05) is 6.07 Å². The van der Waals surface area contributed by atoms with Crippen molar-refractivity contribution in [2.75, 3.05) is 24.1 Å². The van der Waals surface area contributed by atoms with Crippen LogP contribution in [0, 0.1) is 0 Å². The fraction of sp³-hybridized carbons (Fsp3) is 0.318. The minimum Gasteiger partial charge on any atom is -0.350 e. The molecule has 3 rings (SSSR count). The van der Waals surface area contributed by atoms with Crippen LogP contribution in [0.15, 0.2) is 60.7 Å². The van der Waals surface area contributed by atoms with Gasteiger partial charge >= 0.3 is 0 Å². The van der Waals surface area contributed by atoms with E-state index in [0.717, 1.165) is 44.3 Å². The molecular weight excluding hydrogens is 386 g/mol. The average Bonchev–Trinajstić information content (AvgIpc) is 2.69. The van der Waals surface area contributed by atoms with E-state index in [-0.39, 0.29) is 11.9 Å². The van der Waals surface area contributed by atoms with E-state index in [4.69, 9.17) is 0 Å². The second kappa shape index (κ2) is 9.71. The maximum Gasteiger partial charge on any atom is 0.244 e. The van der Waals surface area contributed by atoms with Crippen molar-refractivity contribution >= 4 is 27.7 Å². The number of anilines is 1. The summed E-state index contributed by atoms with van der Waals surface area (Å²) in [6.45, 7) is 2.89. The fourth-order valence-electron chi connectivity index (χ4n) is 3.37. The van der Waals surface area contributed by atoms with Crippen molar-refractivity contribution in [2.24, 2.45) is 0 Å². The second-order valence-corrected chi connectivity index (χ2v) is 9.12. The Hall–Kier alpha value is -2.64. The Morgan fingerprint density at radius 2 is 1.72 bits per heavy atom. The first-order valence-corrected chi connectivity index (χ1v) is 11.6. The van der Waals surface area contributed by atoms with Crippen molar-refractivity contribution in [1.82, 2.24) is 10.2 Å². The molecule has 0 radical (unpaired) electrons. The highest BCUT2D eigenvalue weighted by atomic mass is 32.2. The number of sulfonamides is 1. The number of nitrogens with zero attached hydrogens (tertiary/aromatic N) is 1. The first-order chi connectivity index (χ1) is 13.9. The lowest BCUT2D eigenvalue weighted by molar-refractivity contribution is -0.117. The molecule has 1 amide bonds. The Bertz CT molecular complexity index is 933. The monoisotopic (exact) mass is 413 g/mol. The Morgan fingerprint density at radius 3 is 2.34 bits per heavy atom. The Balaban J connectivity index is 1.43. The van der Waals surface area contributed by atoms with Gasteiger partial charge in [0.1, 0.15) is 0 Å². The van der Waals surface area contributed by atoms with E-state index in [0.29, 0.717) is 5.69 Å². The van der Waals surface area contributed by atoms with Crippen LogP contribution < -0.4 is 10.0 Å². The van der Waals surface area contributed by atoms with Crippen molar-refractivity contribution in [2.45, 2.75) is 25.4 Å². The molecule has 2 aromatic carbocycles. The zero-order valence-electron chi connectivity index (χ0n) is 16.5. The third-order valence-corrected chi connectivity index (χ3v) is 5.43. The lowest BCUT2D eigenvalue weighted by Crippen LogP contribution is -2.43. The summed E-state index contributed by atoms with van der Waals surface area (Å²) in [5.74, 6) is -0.107. The van der Waals surface area contributed by atoms with E-state index in [1.54, 1.807) is 30.3 Å². The molecule has 0 aromatic heterocycles. The molecule has 7 heteroatoms. The van der Waals surface area contributed by atoms with Crippen LogP contribution in [0.2, 0.25) is 0 Å². The molecule has 1 saturated heterocycles. The van der Waals surface area contributed by atoms with E-state index in [9.17, 15) is 13.2 Å². The molecule has 1 fully saturated rings. The van der Waals surface area contributed by atoms with Crippen molar-refractivity contribution < 1.29 is 13.2 Å². The van der Waals surface area contributed by atoms with Crippen molar-refractivity contribution in [3.63, 3.8) is 0 Å². The largest absolute Gasteiger partial charge is 0.350 e. The maximum absolute atomic E-state index is 12.2. The lowest BCUT2D eigenvalue weighted by atomic mass is 10.0. The molecule has 2 N–H and O–H groups in total. The summed E-state index contributed by atoms with van der Waals surface area (Å²) in [7, 11) is -3.29. The highest BCUT2D eigenvalue weighted by molar-refractivity contribution is 7.92. The number of hydrogen-bond acceptors (Lipinski definition) is 4. The Labute approximate surface area is 172 Å². The lowest BCUT2D eigenvalue weighted by Gasteiger charge is -2.32. The SMILES string of the molecule is CS(=O)(=O)Nc1ccc(/C=C/C(=O)NC2CCN(Cc3ccccc3)CC2)cc1. The third-order valence-electron chi connectivity index (χ3n) is 4.82. The number of likely N-dealkylation sites (tertiary alicyclic amines) is 1. The number of rotatable bonds is 7. The van der Waals surface area contributed by atoms with E-state index in [1.165, 1.54) is 11.6 Å². The molecule has 0 saturated carbocycles. The number of carbonyl (C=O) groups excluding carboxylic acids is 1. The molecule has 2 aromatic rings. The summed E-state index contributed by atoms with van der Waals surface area (Å²) in [5, 5.41) is 3.07. The van der Waals surface area contributed by atoms with Crippen molar-refractivity contribution in [1.29, 1.82) is 0 Å². The molecule has 0 aliphatic carbocycles. The molecule has 6 nitrogen and oxygen atoms in total. The van der Waals surface area contributed by atoms with Gasteiger partial charge in [-0.25, -0.2) is 8.42 Å². The zero-order chi connectivity index (χ0) is 20.7. The van der Waals surface area contributed by atoms with Gasteiger partial charge in [0, 0.05) is 37.4 Å². The molecule has 29 heavy (non-hydrogen) atoms. The van der Waals surface area contributed by atoms with Crippen LogP contribution in [-0.4, -0.2) is 44.6 Å². The second-order valence-electron chi connectivity index (χ2n) is 7.37. The van der Waals surface area contributed by atoms with Gasteiger partial charge in [0.25, 0.3) is 0 Å². The first-order valence-electron chi connectivity index (χ1n) is 9.70. The van der Waals surface area contributed by atoms with E-state index in [2.05, 4.69) is 39.2 Å². The molecule has 154 valence electrons. The summed E-state index contributed by atoms with van der Waals surface area (Å²) >= 11 is 0. The van der Waals surface area contributed by atoms with Crippen LogP contribution in [0.5, 0.6) is 0 Å². The van der Waals surface area contributed by atoms with Gasteiger partial charge in [-0.3, -0.25) is 14.4 Å². The zero-order valence-corrected chi connectivity index (χ0v) is 17.4. The predicted molar refractivity (Wildman–Crippen MR) is 117 cm³/mol. The van der Waals surface area contributed by atoms with Gasteiger partial charge in [0.05, 0.1) is 6.26 Å². The minimum absolute atomic E-state index is 0.107. The molecule has 1 heterocycles. The summed E-state index contributed by atoms with van der Waals surface area (Å²) in [6.07, 6.45) is 6.24. The minimum atomic E-state index is -3.29. The molecule has 0 spiro atoms. The molecule has 0 atom stereocenters. The average molecular weight is 414 g/mol. The van der Waals surface area contributed by atoms with Gasteiger partial charge in [-0.05, 0) is 42.2 Å². The summed E-state index contributed by atoms with van der Waals surface area (Å²) < 4.78 is 24.9. The van der Waals surface area contributed by atoms with Crippen LogP contribution in [0.4, 0.5) is 5.69 Å². The fourth-order valence-corrected chi connectivity index (χ4v) is 3.94. The summed E-state index contributed by atoms with van der Waals surface area (Å²) in [6, 6.07) is 17.5. The summed E-state index contributed by atoms with van der Waals surface area (Å²) in [5.41, 5.74) is 2.64. The van der Waals surface area contributed by atoms with Crippen LogP contribution >= 0.6 is 0 Å². The molecule has 0 bridgehead atoms. The van der Waals surface area contributed by atoms with Crippen molar-refractivity contribution in [3.8, 4) is 0 Å². The van der Waals surface area contributed by atoms with Gasteiger partial charge in [-0.15, -0.1) is 0 Å². The first kappa shape index (κ1) is 21.1. The van der Waals surface area contributed by atoms with Crippen molar-refractivity contribution in [3.05, 3.63) is 71.8 Å². The highest BCUT2D eigenvalue weighted by Crippen LogP contribution is 2.14. The van der Waals surface area contributed by atoms with Crippen LogP contribution in [0.1, 0.15) is 24.0 Å². The maximum atomic E-state index is 12.2. The number of hydrogen-bond donors (Lipinski definition) is 2. The van der Waals surface area contributed by atoms with Gasteiger partial charge in [0.2, 0.25) is 15.9 Å². The summed E-state index contributed by atoms with van der Waals surface area (Å²) in [4.78, 5) is 14.6. The Morgan fingerprint density at radius 1 is 1.07 bits per heavy atom. The van der Waals surface area contributed by atoms with Gasteiger partial charge in [0.15, 0.2) is 0 Å². The van der Waals surface area contributed by atoms with Gasteiger partial charge in [-0.1, -0.05) is 42.5 Å². The molecule has 0 unspecified atom stereocenters. The van der Waals surface area contributed by atoms with Gasteiger partial charge < -0.3 is 5.32 Å². The molecule has 1 aliphatic rings. The quantitative estimate of drug-likeness (QED) is 0.684. The Kier molecular flexibility index (Phi) is 7.06. The molecule has 1 aliphatic heterocycles. The number of piperidine rings is 1. The van der Waals surface area contributed by atoms with Crippen LogP contribution in [0.3, 0.4) is 0 Å². The van der Waals surface area contributed by atoms with Gasteiger partial charge in [-0.2, -0.15) is 0 Å². The highest BCUT2D eigenvalue weighted by Gasteiger charge is 2.19. The number of benzene rings is 2. The van der Waals surface area contributed by atoms with E-state index >= 15 is 0 Å². The van der Waals surface area contributed by atoms with Crippen LogP contribution in [0.25, 0.3) is 6.08 Å². The standard InChI is InChI=1S/C22H27N3O3S/c1-29(27,28)24-21-10-7-18(8-11-21)9-12-22(26)23-20-13-15-25(16-14-20)17-19-5-3-2-4-6-19/h2-12,20,24H,13-17H2,1H3,(H,23,26)/b12-9+. The number of carbonyl (C=O) groups is 1. The number of nitrogens with one attached hydrogen (secondary N) is 2. The number of amides is 1. The third kappa shape index (κ3) is 7.36. The topological polar surface area (TPSA) is 78.5 Å². The molecular formula is C22H27N3O3S. The predicted octanol–water partition coefficient (Wildman–Crippen LogP) is 2.85. The van der Waals surface area contributed by atoms with E-state index < -0.39 is 10.0 Å². The van der Waals surface area contributed by atoms with Crippen LogP contribution in [-0.2, 0) is 21.4 Å².